The van der Waals surface area contributed by atoms with E-state index in [0.29, 0.717) is 12.8 Å². The van der Waals surface area contributed by atoms with Gasteiger partial charge < -0.3 is 14.9 Å². The highest BCUT2D eigenvalue weighted by Gasteiger charge is 2.26. The molecule has 1 unspecified atom stereocenters. The Labute approximate surface area is 66.2 Å². The smallest absolute Gasteiger partial charge is 0.110 e. The van der Waals surface area contributed by atoms with Crippen molar-refractivity contribution in [2.24, 2.45) is 0 Å². The van der Waals surface area contributed by atoms with E-state index in [4.69, 9.17) is 9.84 Å². The molecule has 66 valence electrons. The first kappa shape index (κ1) is 8.93. The molecule has 0 aromatic rings. The first-order valence-corrected chi connectivity index (χ1v) is 3.88. The molecule has 4 nitrogen and oxygen atoms in total. The van der Waals surface area contributed by atoms with Crippen molar-refractivity contribution in [2.75, 3.05) is 13.7 Å². The highest BCUT2D eigenvalue weighted by atomic mass is 16.5. The van der Waals surface area contributed by atoms with Crippen molar-refractivity contribution in [3.63, 3.8) is 0 Å². The minimum Gasteiger partial charge on any atom is -0.394 e. The van der Waals surface area contributed by atoms with E-state index in [1.165, 1.54) is 0 Å². The maximum absolute atomic E-state index is 9.28. The van der Waals surface area contributed by atoms with E-state index in [9.17, 15) is 5.11 Å². The molecule has 1 fully saturated rings. The molecule has 1 aliphatic heterocycles. The highest BCUT2D eigenvalue weighted by Crippen LogP contribution is 2.17. The summed E-state index contributed by atoms with van der Waals surface area (Å²) in [7, 11) is 1.77. The molecule has 1 aliphatic rings. The number of ether oxygens (including phenoxy) is 1. The van der Waals surface area contributed by atoms with Gasteiger partial charge in [-0.1, -0.05) is 0 Å². The molecule has 0 radical (unpaired) electrons. The average molecular weight is 161 g/mol. The summed E-state index contributed by atoms with van der Waals surface area (Å²) < 4.78 is 5.33. The second kappa shape index (κ2) is 4.01. The summed E-state index contributed by atoms with van der Waals surface area (Å²) in [5.74, 6) is 0. The predicted molar refractivity (Wildman–Crippen MR) is 40.0 cm³/mol. The van der Waals surface area contributed by atoms with Crippen molar-refractivity contribution < 1.29 is 14.9 Å². The molecule has 3 N–H and O–H groups in total. The molecule has 11 heavy (non-hydrogen) atoms. The van der Waals surface area contributed by atoms with Crippen LogP contribution in [0.4, 0.5) is 0 Å². The Hall–Kier alpha value is -0.160. The van der Waals surface area contributed by atoms with Gasteiger partial charge in [-0.15, -0.1) is 0 Å². The van der Waals surface area contributed by atoms with Gasteiger partial charge in [-0.2, -0.15) is 0 Å². The Morgan fingerprint density at radius 3 is 2.82 bits per heavy atom. The van der Waals surface area contributed by atoms with Gasteiger partial charge in [0, 0.05) is 12.8 Å². The Bertz CT molecular complexity index is 108. The van der Waals surface area contributed by atoms with Crippen molar-refractivity contribution in [2.45, 2.75) is 31.3 Å². The van der Waals surface area contributed by atoms with Crippen molar-refractivity contribution >= 4 is 0 Å². The van der Waals surface area contributed by atoms with Gasteiger partial charge in [0.15, 0.2) is 0 Å². The maximum Gasteiger partial charge on any atom is 0.110 e. The highest BCUT2D eigenvalue weighted by molar-refractivity contribution is 4.74. The molecule has 0 aliphatic carbocycles. The molecule has 0 amide bonds. The van der Waals surface area contributed by atoms with Gasteiger partial charge in [-0.05, 0) is 7.05 Å². The van der Waals surface area contributed by atoms with Crippen LogP contribution in [0.5, 0.6) is 0 Å². The standard InChI is InChI=1S/C7H15NO3/c1-8-7-3-5(10)2-6(4-9)11-7/h5-10H,2-4H2,1H3/t5-,6?,7+/m0/s1. The van der Waals surface area contributed by atoms with Crippen molar-refractivity contribution in [3.05, 3.63) is 0 Å². The van der Waals surface area contributed by atoms with Crippen molar-refractivity contribution in [1.82, 2.24) is 5.32 Å². The summed E-state index contributed by atoms with van der Waals surface area (Å²) >= 11 is 0. The fourth-order valence-electron chi connectivity index (χ4n) is 1.29. The van der Waals surface area contributed by atoms with E-state index < -0.39 is 0 Å². The molecule has 3 atom stereocenters. The van der Waals surface area contributed by atoms with E-state index >= 15 is 0 Å². The lowest BCUT2D eigenvalue weighted by Gasteiger charge is -2.31. The topological polar surface area (TPSA) is 61.7 Å². The average Bonchev–Trinajstić information content (AvgIpc) is 2.03. The number of nitrogens with one attached hydrogen (secondary N) is 1. The van der Waals surface area contributed by atoms with Crippen LogP contribution in [0.3, 0.4) is 0 Å². The number of hydrogen-bond donors (Lipinski definition) is 3. The molecule has 1 saturated heterocycles. The molecule has 4 heteroatoms. The van der Waals surface area contributed by atoms with E-state index in [1.54, 1.807) is 7.05 Å². The summed E-state index contributed by atoms with van der Waals surface area (Å²) in [4.78, 5) is 0. The van der Waals surface area contributed by atoms with Gasteiger partial charge >= 0.3 is 0 Å². The number of hydrogen-bond acceptors (Lipinski definition) is 4. The number of aliphatic hydroxyl groups excluding tert-OH is 2. The van der Waals surface area contributed by atoms with Crippen LogP contribution in [0.15, 0.2) is 0 Å². The zero-order valence-corrected chi connectivity index (χ0v) is 6.66. The van der Waals surface area contributed by atoms with Gasteiger partial charge in [0.2, 0.25) is 0 Å². The van der Waals surface area contributed by atoms with Gasteiger partial charge in [-0.3, -0.25) is 5.32 Å². The summed E-state index contributed by atoms with van der Waals surface area (Å²) in [5.41, 5.74) is 0. The lowest BCUT2D eigenvalue weighted by atomic mass is 10.1. The van der Waals surface area contributed by atoms with E-state index in [-0.39, 0.29) is 25.0 Å². The van der Waals surface area contributed by atoms with Crippen LogP contribution in [0, 0.1) is 0 Å². The molecule has 0 spiro atoms. The largest absolute Gasteiger partial charge is 0.394 e. The molecule has 0 aromatic carbocycles. The van der Waals surface area contributed by atoms with Crippen LogP contribution < -0.4 is 5.32 Å². The van der Waals surface area contributed by atoms with E-state index in [2.05, 4.69) is 5.32 Å². The minimum absolute atomic E-state index is 0.0186. The zero-order chi connectivity index (χ0) is 8.27. The zero-order valence-electron chi connectivity index (χ0n) is 6.66. The molecule has 1 rings (SSSR count). The SMILES string of the molecule is CN[C@H]1C[C@@H](O)CC(CO)O1. The molecular formula is C7H15NO3. The minimum atomic E-state index is -0.349. The molecule has 0 bridgehead atoms. The third-order valence-electron chi connectivity index (χ3n) is 1.90. The molecular weight excluding hydrogens is 146 g/mol. The lowest BCUT2D eigenvalue weighted by molar-refractivity contribution is -0.120. The Morgan fingerprint density at radius 2 is 2.27 bits per heavy atom. The summed E-state index contributed by atoms with van der Waals surface area (Å²) in [6.45, 7) is -0.0186. The van der Waals surface area contributed by atoms with E-state index in [1.807, 2.05) is 0 Å². The molecule has 0 saturated carbocycles. The maximum atomic E-state index is 9.28. The first-order valence-electron chi connectivity index (χ1n) is 3.88. The van der Waals surface area contributed by atoms with Crippen LogP contribution in [0.25, 0.3) is 0 Å². The fraction of sp³-hybridized carbons (Fsp3) is 1.00. The molecule has 0 aromatic heterocycles. The van der Waals surface area contributed by atoms with Crippen molar-refractivity contribution in [1.29, 1.82) is 0 Å². The van der Waals surface area contributed by atoms with Gasteiger partial charge in [0.1, 0.15) is 6.23 Å². The van der Waals surface area contributed by atoms with Gasteiger partial charge in [0.05, 0.1) is 18.8 Å². The molecule has 1 heterocycles. The summed E-state index contributed by atoms with van der Waals surface area (Å²) in [5, 5.41) is 20.9. The van der Waals surface area contributed by atoms with Crippen LogP contribution in [-0.2, 0) is 4.74 Å². The van der Waals surface area contributed by atoms with Crippen LogP contribution in [0.1, 0.15) is 12.8 Å². The second-order valence-corrected chi connectivity index (χ2v) is 2.84. The Kier molecular flexibility index (Phi) is 3.26. The lowest BCUT2D eigenvalue weighted by Crippen LogP contribution is -2.43. The van der Waals surface area contributed by atoms with Crippen molar-refractivity contribution in [3.8, 4) is 0 Å². The third kappa shape index (κ3) is 2.41. The Balaban J connectivity index is 2.37. The van der Waals surface area contributed by atoms with E-state index in [0.717, 1.165) is 0 Å². The van der Waals surface area contributed by atoms with Crippen LogP contribution in [-0.4, -0.2) is 42.3 Å². The number of rotatable bonds is 2. The van der Waals surface area contributed by atoms with Crippen LogP contribution in [0.2, 0.25) is 0 Å². The summed E-state index contributed by atoms with van der Waals surface area (Å²) in [6.07, 6.45) is 0.465. The second-order valence-electron chi connectivity index (χ2n) is 2.84. The monoisotopic (exact) mass is 161 g/mol. The Morgan fingerprint density at radius 1 is 1.55 bits per heavy atom. The van der Waals surface area contributed by atoms with Crippen LogP contribution >= 0.6 is 0 Å². The first-order chi connectivity index (χ1) is 5.26. The normalized spacial score (nSPS) is 39.0. The van der Waals surface area contributed by atoms with Gasteiger partial charge in [0.25, 0.3) is 0 Å². The van der Waals surface area contributed by atoms with Gasteiger partial charge in [-0.25, -0.2) is 0 Å². The quantitative estimate of drug-likeness (QED) is 0.489. The number of aliphatic hydroxyl groups is 2. The third-order valence-corrected chi connectivity index (χ3v) is 1.90. The summed E-state index contributed by atoms with van der Waals surface area (Å²) in [6, 6.07) is 0. The predicted octanol–water partition coefficient (Wildman–Crippen LogP) is -0.936. The fourth-order valence-corrected chi connectivity index (χ4v) is 1.29.